The van der Waals surface area contributed by atoms with Crippen molar-refractivity contribution in [3.8, 4) is 11.4 Å². The topological polar surface area (TPSA) is 28.7 Å². The fourth-order valence-corrected chi connectivity index (χ4v) is 1.75. The molecule has 3 rings (SSSR count). The number of benzene rings is 2. The van der Waals surface area contributed by atoms with Crippen LogP contribution in [0.2, 0.25) is 0 Å². The van der Waals surface area contributed by atoms with Gasteiger partial charge in [-0.25, -0.2) is 18.2 Å². The van der Waals surface area contributed by atoms with Gasteiger partial charge in [-0.15, -0.1) is 0 Å². The van der Waals surface area contributed by atoms with Crippen molar-refractivity contribution in [1.29, 1.82) is 0 Å². The summed E-state index contributed by atoms with van der Waals surface area (Å²) in [5.41, 5.74) is 1.37. The summed E-state index contributed by atoms with van der Waals surface area (Å²) >= 11 is 0. The summed E-state index contributed by atoms with van der Waals surface area (Å²) in [7, 11) is 0. The normalized spacial score (nSPS) is 11.1. The van der Waals surface area contributed by atoms with Gasteiger partial charge < -0.3 is 4.98 Å². The molecule has 5 heteroatoms. The summed E-state index contributed by atoms with van der Waals surface area (Å²) in [6, 6.07) is 7.74. The Hall–Kier alpha value is -2.30. The number of halogens is 3. The van der Waals surface area contributed by atoms with Crippen LogP contribution in [0.3, 0.4) is 0 Å². The Morgan fingerprint density at radius 2 is 1.56 bits per heavy atom. The molecule has 0 unspecified atom stereocenters. The molecule has 0 amide bonds. The van der Waals surface area contributed by atoms with Gasteiger partial charge in [0.1, 0.15) is 11.6 Å². The Morgan fingerprint density at radius 1 is 0.889 bits per heavy atom. The standard InChI is InChI=1S/C13H7F3N2/c14-8-3-1-7(2-4-8)13-17-11-5-9(15)10(16)6-12(11)18-13/h1-6H,(H,17,18). The molecular weight excluding hydrogens is 241 g/mol. The molecule has 0 bridgehead atoms. The van der Waals surface area contributed by atoms with Gasteiger partial charge in [0.25, 0.3) is 0 Å². The molecule has 0 spiro atoms. The third-order valence-corrected chi connectivity index (χ3v) is 2.64. The molecule has 0 fully saturated rings. The molecule has 1 heterocycles. The van der Waals surface area contributed by atoms with Crippen molar-refractivity contribution in [3.05, 3.63) is 53.8 Å². The highest BCUT2D eigenvalue weighted by atomic mass is 19.2. The van der Waals surface area contributed by atoms with E-state index in [-0.39, 0.29) is 5.82 Å². The van der Waals surface area contributed by atoms with Gasteiger partial charge in [0, 0.05) is 17.7 Å². The van der Waals surface area contributed by atoms with Crippen LogP contribution in [0.1, 0.15) is 0 Å². The molecule has 0 radical (unpaired) electrons. The highest BCUT2D eigenvalue weighted by molar-refractivity contribution is 5.79. The summed E-state index contributed by atoms with van der Waals surface area (Å²) in [5.74, 6) is -1.79. The molecule has 90 valence electrons. The molecule has 1 N–H and O–H groups in total. The highest BCUT2D eigenvalue weighted by Crippen LogP contribution is 2.22. The minimum Gasteiger partial charge on any atom is -0.338 e. The van der Waals surface area contributed by atoms with Gasteiger partial charge in [-0.2, -0.15) is 0 Å². The van der Waals surface area contributed by atoms with Gasteiger partial charge in [-0.3, -0.25) is 0 Å². The molecule has 18 heavy (non-hydrogen) atoms. The van der Waals surface area contributed by atoms with E-state index in [4.69, 9.17) is 0 Å². The van der Waals surface area contributed by atoms with Crippen molar-refractivity contribution in [2.45, 2.75) is 0 Å². The zero-order chi connectivity index (χ0) is 12.7. The summed E-state index contributed by atoms with van der Waals surface area (Å²) < 4.78 is 38.9. The Bertz CT molecular complexity index is 678. The van der Waals surface area contributed by atoms with Crippen molar-refractivity contribution >= 4 is 11.0 Å². The van der Waals surface area contributed by atoms with Gasteiger partial charge in [-0.1, -0.05) is 0 Å². The minimum absolute atomic E-state index is 0.327. The van der Waals surface area contributed by atoms with E-state index in [0.29, 0.717) is 22.4 Å². The molecule has 0 aliphatic rings. The average Bonchev–Trinajstić information content (AvgIpc) is 2.73. The smallest absolute Gasteiger partial charge is 0.161 e. The number of fused-ring (bicyclic) bond motifs is 1. The molecule has 0 saturated heterocycles. The molecule has 0 aliphatic heterocycles. The van der Waals surface area contributed by atoms with E-state index in [2.05, 4.69) is 9.97 Å². The number of nitrogens with one attached hydrogen (secondary N) is 1. The van der Waals surface area contributed by atoms with Crippen molar-refractivity contribution < 1.29 is 13.2 Å². The second-order valence-electron chi connectivity index (χ2n) is 3.88. The highest BCUT2D eigenvalue weighted by Gasteiger charge is 2.09. The second kappa shape index (κ2) is 3.87. The second-order valence-corrected chi connectivity index (χ2v) is 3.88. The Kier molecular flexibility index (Phi) is 2.33. The van der Waals surface area contributed by atoms with E-state index >= 15 is 0 Å². The number of H-pyrrole nitrogens is 1. The third kappa shape index (κ3) is 1.73. The SMILES string of the molecule is Fc1ccc(-c2nc3cc(F)c(F)cc3[nH]2)cc1. The number of aromatic amines is 1. The molecule has 2 aromatic carbocycles. The minimum atomic E-state index is -0.945. The van der Waals surface area contributed by atoms with E-state index in [0.717, 1.165) is 12.1 Å². The fraction of sp³-hybridized carbons (Fsp3) is 0. The summed E-state index contributed by atoms with van der Waals surface area (Å²) in [6.07, 6.45) is 0. The van der Waals surface area contributed by atoms with E-state index in [1.54, 1.807) is 12.1 Å². The van der Waals surface area contributed by atoms with Crippen molar-refractivity contribution in [1.82, 2.24) is 9.97 Å². The Balaban J connectivity index is 2.16. The maximum absolute atomic E-state index is 13.0. The van der Waals surface area contributed by atoms with Crippen molar-refractivity contribution in [3.63, 3.8) is 0 Å². The lowest BCUT2D eigenvalue weighted by molar-refractivity contribution is 0.510. The van der Waals surface area contributed by atoms with Crippen LogP contribution < -0.4 is 0 Å². The molecule has 1 aromatic heterocycles. The van der Waals surface area contributed by atoms with E-state index in [1.807, 2.05) is 0 Å². The maximum Gasteiger partial charge on any atom is 0.161 e. The predicted octanol–water partition coefficient (Wildman–Crippen LogP) is 3.65. The number of nitrogens with zero attached hydrogens (tertiary/aromatic N) is 1. The number of hydrogen-bond acceptors (Lipinski definition) is 1. The number of hydrogen-bond donors (Lipinski definition) is 1. The molecule has 0 saturated carbocycles. The first-order valence-electron chi connectivity index (χ1n) is 5.24. The summed E-state index contributed by atoms with van der Waals surface area (Å²) in [6.45, 7) is 0. The zero-order valence-corrected chi connectivity index (χ0v) is 9.05. The summed E-state index contributed by atoms with van der Waals surface area (Å²) in [5, 5.41) is 0. The number of rotatable bonds is 1. The first-order valence-corrected chi connectivity index (χ1v) is 5.24. The average molecular weight is 248 g/mol. The molecule has 0 aliphatic carbocycles. The lowest BCUT2D eigenvalue weighted by Crippen LogP contribution is -1.82. The number of imidazole rings is 1. The quantitative estimate of drug-likeness (QED) is 0.699. The van der Waals surface area contributed by atoms with Crippen LogP contribution >= 0.6 is 0 Å². The van der Waals surface area contributed by atoms with Crippen LogP contribution in [-0.2, 0) is 0 Å². The Labute approximate surface area is 100 Å². The van der Waals surface area contributed by atoms with Crippen LogP contribution in [0.15, 0.2) is 36.4 Å². The van der Waals surface area contributed by atoms with Crippen LogP contribution in [0, 0.1) is 17.5 Å². The fourth-order valence-electron chi connectivity index (χ4n) is 1.75. The molecular formula is C13H7F3N2. The number of aromatic nitrogens is 2. The first-order chi connectivity index (χ1) is 8.63. The van der Waals surface area contributed by atoms with Crippen LogP contribution in [0.5, 0.6) is 0 Å². The molecule has 2 nitrogen and oxygen atoms in total. The van der Waals surface area contributed by atoms with Crippen molar-refractivity contribution in [2.24, 2.45) is 0 Å². The maximum atomic E-state index is 13.0. The monoisotopic (exact) mass is 248 g/mol. The van der Waals surface area contributed by atoms with Gasteiger partial charge in [0.05, 0.1) is 11.0 Å². The largest absolute Gasteiger partial charge is 0.338 e. The van der Waals surface area contributed by atoms with Crippen LogP contribution in [0.25, 0.3) is 22.4 Å². The van der Waals surface area contributed by atoms with E-state index < -0.39 is 11.6 Å². The van der Waals surface area contributed by atoms with Gasteiger partial charge in [0.2, 0.25) is 0 Å². The predicted molar refractivity (Wildman–Crippen MR) is 61.4 cm³/mol. The first kappa shape index (κ1) is 10.8. The van der Waals surface area contributed by atoms with Crippen LogP contribution in [0.4, 0.5) is 13.2 Å². The summed E-state index contributed by atoms with van der Waals surface area (Å²) in [4.78, 5) is 6.99. The van der Waals surface area contributed by atoms with Gasteiger partial charge in [0.15, 0.2) is 11.6 Å². The molecule has 0 atom stereocenters. The Morgan fingerprint density at radius 3 is 2.28 bits per heavy atom. The lowest BCUT2D eigenvalue weighted by atomic mass is 10.2. The van der Waals surface area contributed by atoms with E-state index in [1.165, 1.54) is 12.1 Å². The lowest BCUT2D eigenvalue weighted by Gasteiger charge is -1.94. The van der Waals surface area contributed by atoms with Crippen molar-refractivity contribution in [2.75, 3.05) is 0 Å². The zero-order valence-electron chi connectivity index (χ0n) is 9.05. The van der Waals surface area contributed by atoms with E-state index in [9.17, 15) is 13.2 Å². The molecule has 3 aromatic rings. The van der Waals surface area contributed by atoms with Crippen LogP contribution in [-0.4, -0.2) is 9.97 Å². The van der Waals surface area contributed by atoms with Gasteiger partial charge in [-0.05, 0) is 24.3 Å². The third-order valence-electron chi connectivity index (χ3n) is 2.64. The van der Waals surface area contributed by atoms with Gasteiger partial charge >= 0.3 is 0 Å².